The van der Waals surface area contributed by atoms with E-state index in [2.05, 4.69) is 22.5 Å². The van der Waals surface area contributed by atoms with Gasteiger partial charge in [0.1, 0.15) is 5.75 Å². The molecule has 2 rings (SSSR count). The van der Waals surface area contributed by atoms with Gasteiger partial charge in [-0.3, -0.25) is 4.99 Å². The number of guanidine groups is 1. The minimum atomic E-state index is 0. The third-order valence-corrected chi connectivity index (χ3v) is 3.88. The van der Waals surface area contributed by atoms with E-state index in [1.807, 2.05) is 38.1 Å². The predicted molar refractivity (Wildman–Crippen MR) is 122 cm³/mol. The molecule has 0 spiro atoms. The normalized spacial score (nSPS) is 16.9. The molecule has 0 aromatic heterocycles. The summed E-state index contributed by atoms with van der Waals surface area (Å²) in [6.07, 6.45) is 3.63. The van der Waals surface area contributed by atoms with Crippen LogP contribution in [0.4, 0.5) is 5.69 Å². The van der Waals surface area contributed by atoms with Crippen LogP contribution < -0.4 is 15.4 Å². The average Bonchev–Trinajstić information content (AvgIpc) is 3.12. The second-order valence-electron chi connectivity index (χ2n) is 6.64. The predicted octanol–water partition coefficient (Wildman–Crippen LogP) is 4.05. The Morgan fingerprint density at radius 2 is 2.07 bits per heavy atom. The van der Waals surface area contributed by atoms with Crippen LogP contribution in [0.1, 0.15) is 40.0 Å². The number of rotatable bonds is 10. The van der Waals surface area contributed by atoms with Gasteiger partial charge in [0.05, 0.1) is 18.8 Å². The topological polar surface area (TPSA) is 64.1 Å². The standard InChI is InChI=1S/C20H33N3O3.HI/c1-4-21-20(22-12-6-13-24-15-19-7-5-14-25-19)23-17-8-10-18(11-9-17)26-16(2)3;/h8-11,16,19H,4-7,12-15H2,1-3H3,(H2,21,22,23);1H. The van der Waals surface area contributed by atoms with Crippen LogP contribution in [0.2, 0.25) is 0 Å². The molecule has 1 aliphatic rings. The van der Waals surface area contributed by atoms with E-state index in [0.717, 1.165) is 56.4 Å². The van der Waals surface area contributed by atoms with Crippen molar-refractivity contribution in [3.05, 3.63) is 24.3 Å². The molecule has 0 radical (unpaired) electrons. The van der Waals surface area contributed by atoms with E-state index in [4.69, 9.17) is 14.2 Å². The minimum absolute atomic E-state index is 0. The zero-order valence-electron chi connectivity index (χ0n) is 16.7. The molecule has 2 N–H and O–H groups in total. The molecule has 1 aliphatic heterocycles. The molecule has 154 valence electrons. The highest BCUT2D eigenvalue weighted by molar-refractivity contribution is 14.0. The number of ether oxygens (including phenoxy) is 3. The van der Waals surface area contributed by atoms with Crippen LogP contribution in [0.5, 0.6) is 5.75 Å². The van der Waals surface area contributed by atoms with Crippen molar-refractivity contribution in [2.45, 2.75) is 52.2 Å². The fourth-order valence-corrected chi connectivity index (χ4v) is 2.68. The summed E-state index contributed by atoms with van der Waals surface area (Å²) in [6, 6.07) is 7.92. The largest absolute Gasteiger partial charge is 0.491 e. The number of anilines is 1. The first kappa shape index (κ1) is 24.0. The van der Waals surface area contributed by atoms with Crippen LogP contribution in [0.15, 0.2) is 29.3 Å². The van der Waals surface area contributed by atoms with Crippen molar-refractivity contribution in [3.8, 4) is 5.75 Å². The minimum Gasteiger partial charge on any atom is -0.491 e. The SMILES string of the molecule is CCNC(=NCCCOCC1CCCO1)Nc1ccc(OC(C)C)cc1.I. The fraction of sp³-hybridized carbons (Fsp3) is 0.650. The van der Waals surface area contributed by atoms with Crippen LogP contribution in [-0.2, 0) is 9.47 Å². The summed E-state index contributed by atoms with van der Waals surface area (Å²) in [5.41, 5.74) is 0.982. The maximum Gasteiger partial charge on any atom is 0.195 e. The van der Waals surface area contributed by atoms with E-state index in [0.29, 0.717) is 19.3 Å². The van der Waals surface area contributed by atoms with Gasteiger partial charge in [-0.25, -0.2) is 0 Å². The number of aliphatic imine (C=N–C) groups is 1. The zero-order chi connectivity index (χ0) is 18.6. The Balaban J connectivity index is 0.00000364. The second kappa shape index (κ2) is 14.0. The Bertz CT molecular complexity index is 532. The zero-order valence-corrected chi connectivity index (χ0v) is 19.0. The Morgan fingerprint density at radius 3 is 2.70 bits per heavy atom. The molecule has 1 fully saturated rings. The quantitative estimate of drug-likeness (QED) is 0.224. The molecule has 1 aromatic rings. The summed E-state index contributed by atoms with van der Waals surface area (Å²) in [4.78, 5) is 4.60. The van der Waals surface area contributed by atoms with Gasteiger partial charge in [0.25, 0.3) is 0 Å². The molecule has 1 unspecified atom stereocenters. The van der Waals surface area contributed by atoms with Crippen molar-refractivity contribution in [2.75, 3.05) is 38.2 Å². The molecule has 1 atom stereocenters. The molecule has 6 nitrogen and oxygen atoms in total. The summed E-state index contributed by atoms with van der Waals surface area (Å²) < 4.78 is 16.9. The molecule has 1 saturated heterocycles. The third-order valence-electron chi connectivity index (χ3n) is 3.88. The van der Waals surface area contributed by atoms with Crippen LogP contribution in [0.3, 0.4) is 0 Å². The smallest absolute Gasteiger partial charge is 0.195 e. The van der Waals surface area contributed by atoms with E-state index in [9.17, 15) is 0 Å². The maximum atomic E-state index is 5.67. The van der Waals surface area contributed by atoms with Crippen LogP contribution in [0, 0.1) is 0 Å². The summed E-state index contributed by atoms with van der Waals surface area (Å²) in [5, 5.41) is 6.58. The lowest BCUT2D eigenvalue weighted by molar-refractivity contribution is 0.0171. The molecule has 7 heteroatoms. The lowest BCUT2D eigenvalue weighted by Crippen LogP contribution is -2.30. The van der Waals surface area contributed by atoms with Crippen molar-refractivity contribution in [1.82, 2.24) is 5.32 Å². The highest BCUT2D eigenvalue weighted by atomic mass is 127. The number of hydrogen-bond donors (Lipinski definition) is 2. The molecule has 1 aromatic carbocycles. The molecule has 1 heterocycles. The molecule has 0 saturated carbocycles. The number of nitrogens with zero attached hydrogens (tertiary/aromatic N) is 1. The molecular formula is C20H34IN3O3. The van der Waals surface area contributed by atoms with Crippen molar-refractivity contribution >= 4 is 35.6 Å². The third kappa shape index (κ3) is 10.2. The van der Waals surface area contributed by atoms with Gasteiger partial charge >= 0.3 is 0 Å². The van der Waals surface area contributed by atoms with E-state index >= 15 is 0 Å². The van der Waals surface area contributed by atoms with E-state index < -0.39 is 0 Å². The lowest BCUT2D eigenvalue weighted by Gasteiger charge is -2.13. The number of halogens is 1. The Labute approximate surface area is 180 Å². The molecule has 0 bridgehead atoms. The van der Waals surface area contributed by atoms with Crippen molar-refractivity contribution in [3.63, 3.8) is 0 Å². The molecule has 27 heavy (non-hydrogen) atoms. The lowest BCUT2D eigenvalue weighted by atomic mass is 10.2. The van der Waals surface area contributed by atoms with Gasteiger partial charge in [0.2, 0.25) is 0 Å². The van der Waals surface area contributed by atoms with Gasteiger partial charge in [-0.2, -0.15) is 0 Å². The van der Waals surface area contributed by atoms with Gasteiger partial charge in [-0.05, 0) is 64.3 Å². The first-order chi connectivity index (χ1) is 12.7. The Kier molecular flexibility index (Phi) is 12.4. The highest BCUT2D eigenvalue weighted by Crippen LogP contribution is 2.17. The first-order valence-corrected chi connectivity index (χ1v) is 9.68. The van der Waals surface area contributed by atoms with Crippen LogP contribution in [-0.4, -0.2) is 51.1 Å². The summed E-state index contributed by atoms with van der Waals surface area (Å²) in [7, 11) is 0. The highest BCUT2D eigenvalue weighted by Gasteiger charge is 2.14. The Morgan fingerprint density at radius 1 is 1.30 bits per heavy atom. The van der Waals surface area contributed by atoms with Gasteiger partial charge < -0.3 is 24.8 Å². The molecule has 0 amide bonds. The monoisotopic (exact) mass is 491 g/mol. The van der Waals surface area contributed by atoms with Gasteiger partial charge in [0, 0.05) is 32.0 Å². The van der Waals surface area contributed by atoms with Crippen LogP contribution in [0.25, 0.3) is 0 Å². The fourth-order valence-electron chi connectivity index (χ4n) is 2.68. The average molecular weight is 491 g/mol. The Hall–Kier alpha value is -1.06. The van der Waals surface area contributed by atoms with Crippen LogP contribution >= 0.6 is 24.0 Å². The van der Waals surface area contributed by atoms with Crippen molar-refractivity contribution in [2.24, 2.45) is 4.99 Å². The van der Waals surface area contributed by atoms with E-state index in [-0.39, 0.29) is 30.1 Å². The number of hydrogen-bond acceptors (Lipinski definition) is 4. The first-order valence-electron chi connectivity index (χ1n) is 9.68. The van der Waals surface area contributed by atoms with Crippen molar-refractivity contribution < 1.29 is 14.2 Å². The van der Waals surface area contributed by atoms with Gasteiger partial charge in [-0.1, -0.05) is 0 Å². The van der Waals surface area contributed by atoms with Crippen molar-refractivity contribution in [1.29, 1.82) is 0 Å². The maximum absolute atomic E-state index is 5.67. The number of benzene rings is 1. The van der Waals surface area contributed by atoms with E-state index in [1.165, 1.54) is 0 Å². The van der Waals surface area contributed by atoms with E-state index in [1.54, 1.807) is 0 Å². The van der Waals surface area contributed by atoms with Gasteiger partial charge in [0.15, 0.2) is 5.96 Å². The molecular weight excluding hydrogens is 457 g/mol. The number of nitrogens with one attached hydrogen (secondary N) is 2. The second-order valence-corrected chi connectivity index (χ2v) is 6.64. The summed E-state index contributed by atoms with van der Waals surface area (Å²) >= 11 is 0. The molecule has 0 aliphatic carbocycles. The summed E-state index contributed by atoms with van der Waals surface area (Å²) in [6.45, 7) is 9.92. The van der Waals surface area contributed by atoms with Gasteiger partial charge in [-0.15, -0.1) is 24.0 Å². The summed E-state index contributed by atoms with van der Waals surface area (Å²) in [5.74, 6) is 1.65.